The van der Waals surface area contributed by atoms with Gasteiger partial charge in [0.1, 0.15) is 5.69 Å². The Morgan fingerprint density at radius 3 is 2.41 bits per heavy atom. The molecule has 7 heteroatoms. The van der Waals surface area contributed by atoms with E-state index in [0.717, 1.165) is 57.4 Å². The van der Waals surface area contributed by atoms with Gasteiger partial charge in [0.15, 0.2) is 5.82 Å². The van der Waals surface area contributed by atoms with Gasteiger partial charge in [-0.3, -0.25) is 9.59 Å². The third-order valence-corrected chi connectivity index (χ3v) is 5.52. The van der Waals surface area contributed by atoms with Crippen molar-refractivity contribution in [1.29, 1.82) is 0 Å². The standard InChI is InChI=1S/C20H23ClN4O2/c21-14-7-9-15(10-8-14)22-19(26)18-23-17(16-6-2-5-13-25(16)18)20(27)24-11-3-1-4-12-24/h7-10H,1-6,11-13H2,(H,22,26). The molecule has 142 valence electrons. The fourth-order valence-electron chi connectivity index (χ4n) is 3.85. The third-order valence-electron chi connectivity index (χ3n) is 5.27. The highest BCUT2D eigenvalue weighted by molar-refractivity contribution is 6.30. The molecule has 0 radical (unpaired) electrons. The number of benzene rings is 1. The molecule has 0 atom stereocenters. The predicted octanol–water partition coefficient (Wildman–Crippen LogP) is 3.75. The van der Waals surface area contributed by atoms with Gasteiger partial charge in [-0.05, 0) is 62.8 Å². The second-order valence-corrected chi connectivity index (χ2v) is 7.59. The molecule has 0 aliphatic carbocycles. The quantitative estimate of drug-likeness (QED) is 0.873. The van der Waals surface area contributed by atoms with E-state index < -0.39 is 0 Å². The minimum absolute atomic E-state index is 0.0362. The normalized spacial score (nSPS) is 16.7. The molecular weight excluding hydrogens is 364 g/mol. The Morgan fingerprint density at radius 2 is 1.67 bits per heavy atom. The summed E-state index contributed by atoms with van der Waals surface area (Å²) in [6, 6.07) is 6.95. The minimum atomic E-state index is -0.293. The fourth-order valence-corrected chi connectivity index (χ4v) is 3.98. The second kappa shape index (κ2) is 7.72. The molecule has 0 saturated carbocycles. The average Bonchev–Trinajstić information content (AvgIpc) is 3.10. The van der Waals surface area contributed by atoms with Gasteiger partial charge in [-0.15, -0.1) is 0 Å². The van der Waals surface area contributed by atoms with Gasteiger partial charge in [0, 0.05) is 30.3 Å². The number of carbonyl (C=O) groups excluding carboxylic acids is 2. The number of anilines is 1. The Hall–Kier alpha value is -2.34. The zero-order valence-electron chi connectivity index (χ0n) is 15.2. The van der Waals surface area contributed by atoms with Crippen molar-refractivity contribution in [3.8, 4) is 0 Å². The molecule has 1 fully saturated rings. The number of nitrogens with one attached hydrogen (secondary N) is 1. The zero-order chi connectivity index (χ0) is 18.8. The van der Waals surface area contributed by atoms with Crippen LogP contribution in [0.15, 0.2) is 24.3 Å². The lowest BCUT2D eigenvalue weighted by molar-refractivity contribution is 0.0717. The minimum Gasteiger partial charge on any atom is -0.337 e. The summed E-state index contributed by atoms with van der Waals surface area (Å²) in [5, 5.41) is 3.47. The van der Waals surface area contributed by atoms with Gasteiger partial charge in [-0.25, -0.2) is 4.98 Å². The number of aromatic nitrogens is 2. The largest absolute Gasteiger partial charge is 0.337 e. The van der Waals surface area contributed by atoms with Crippen molar-refractivity contribution >= 4 is 29.1 Å². The van der Waals surface area contributed by atoms with E-state index in [0.29, 0.717) is 22.2 Å². The van der Waals surface area contributed by atoms with Crippen LogP contribution in [0.25, 0.3) is 0 Å². The highest BCUT2D eigenvalue weighted by atomic mass is 35.5. The molecule has 2 aliphatic heterocycles. The first kappa shape index (κ1) is 18.0. The van der Waals surface area contributed by atoms with E-state index in [1.165, 1.54) is 6.42 Å². The summed E-state index contributed by atoms with van der Waals surface area (Å²) in [4.78, 5) is 32.2. The molecule has 1 N–H and O–H groups in total. The Labute approximate surface area is 163 Å². The van der Waals surface area contributed by atoms with Gasteiger partial charge >= 0.3 is 0 Å². The highest BCUT2D eigenvalue weighted by Crippen LogP contribution is 2.24. The lowest BCUT2D eigenvalue weighted by Crippen LogP contribution is -2.36. The van der Waals surface area contributed by atoms with Gasteiger partial charge < -0.3 is 14.8 Å². The Balaban J connectivity index is 1.62. The Morgan fingerprint density at radius 1 is 0.963 bits per heavy atom. The summed E-state index contributed by atoms with van der Waals surface area (Å²) in [5.74, 6) is -0.0101. The van der Waals surface area contributed by atoms with Crippen molar-refractivity contribution in [3.63, 3.8) is 0 Å². The molecule has 4 rings (SSSR count). The zero-order valence-corrected chi connectivity index (χ0v) is 16.0. The first-order valence-electron chi connectivity index (χ1n) is 9.59. The van der Waals surface area contributed by atoms with Gasteiger partial charge in [-0.2, -0.15) is 0 Å². The van der Waals surface area contributed by atoms with Gasteiger partial charge in [0.05, 0.1) is 5.69 Å². The number of carbonyl (C=O) groups is 2. The number of piperidine rings is 1. The lowest BCUT2D eigenvalue weighted by Gasteiger charge is -2.26. The number of nitrogens with zero attached hydrogens (tertiary/aromatic N) is 3. The summed E-state index contributed by atoms with van der Waals surface area (Å²) in [5.41, 5.74) is 2.01. The molecule has 3 heterocycles. The van der Waals surface area contributed by atoms with Crippen molar-refractivity contribution < 1.29 is 9.59 Å². The molecule has 2 aliphatic rings. The van der Waals surface area contributed by atoms with Crippen LogP contribution in [0.2, 0.25) is 5.02 Å². The van der Waals surface area contributed by atoms with Crippen LogP contribution in [-0.2, 0) is 13.0 Å². The topological polar surface area (TPSA) is 67.2 Å². The summed E-state index contributed by atoms with van der Waals surface area (Å²) in [6.07, 6.45) is 6.03. The van der Waals surface area contributed by atoms with Crippen molar-refractivity contribution in [2.24, 2.45) is 0 Å². The number of likely N-dealkylation sites (tertiary alicyclic amines) is 1. The van der Waals surface area contributed by atoms with E-state index >= 15 is 0 Å². The number of hydrogen-bond donors (Lipinski definition) is 1. The van der Waals surface area contributed by atoms with Crippen LogP contribution in [0, 0.1) is 0 Å². The summed E-state index contributed by atoms with van der Waals surface area (Å²) in [7, 11) is 0. The first-order valence-corrected chi connectivity index (χ1v) is 9.97. The molecule has 2 amide bonds. The van der Waals surface area contributed by atoms with E-state index in [2.05, 4.69) is 10.3 Å². The van der Waals surface area contributed by atoms with Crippen LogP contribution in [0.4, 0.5) is 5.69 Å². The molecule has 0 unspecified atom stereocenters. The van der Waals surface area contributed by atoms with E-state index in [9.17, 15) is 9.59 Å². The maximum atomic E-state index is 13.0. The lowest BCUT2D eigenvalue weighted by atomic mass is 10.1. The maximum absolute atomic E-state index is 13.0. The van der Waals surface area contributed by atoms with Crippen LogP contribution in [0.5, 0.6) is 0 Å². The number of halogens is 1. The van der Waals surface area contributed by atoms with Crippen molar-refractivity contribution in [2.45, 2.75) is 45.1 Å². The fraction of sp³-hybridized carbons (Fsp3) is 0.450. The van der Waals surface area contributed by atoms with Crippen LogP contribution < -0.4 is 5.32 Å². The molecule has 1 aromatic heterocycles. The number of rotatable bonds is 3. The van der Waals surface area contributed by atoms with Gasteiger partial charge in [0.25, 0.3) is 11.8 Å². The van der Waals surface area contributed by atoms with E-state index in [4.69, 9.17) is 11.6 Å². The number of amides is 2. The molecule has 6 nitrogen and oxygen atoms in total. The van der Waals surface area contributed by atoms with Crippen molar-refractivity contribution in [1.82, 2.24) is 14.5 Å². The molecule has 27 heavy (non-hydrogen) atoms. The van der Waals surface area contributed by atoms with Crippen LogP contribution in [-0.4, -0.2) is 39.4 Å². The van der Waals surface area contributed by atoms with E-state index in [-0.39, 0.29) is 11.8 Å². The molecule has 1 saturated heterocycles. The number of imidazole rings is 1. The summed E-state index contributed by atoms with van der Waals surface area (Å²) in [6.45, 7) is 2.27. The Kier molecular flexibility index (Phi) is 5.16. The van der Waals surface area contributed by atoms with Crippen LogP contribution >= 0.6 is 11.6 Å². The summed E-state index contributed by atoms with van der Waals surface area (Å²) < 4.78 is 1.92. The third kappa shape index (κ3) is 3.72. The molecule has 0 spiro atoms. The number of hydrogen-bond acceptors (Lipinski definition) is 3. The average molecular weight is 387 g/mol. The van der Waals surface area contributed by atoms with E-state index in [1.807, 2.05) is 9.47 Å². The maximum Gasteiger partial charge on any atom is 0.291 e. The SMILES string of the molecule is O=C(Nc1ccc(Cl)cc1)c1nc(C(=O)N2CCCCC2)c2n1CCCC2. The van der Waals surface area contributed by atoms with Gasteiger partial charge in [-0.1, -0.05) is 11.6 Å². The Bertz CT molecular complexity index is 854. The number of fused-ring (bicyclic) bond motifs is 1. The molecule has 0 bridgehead atoms. The van der Waals surface area contributed by atoms with Crippen LogP contribution in [0.3, 0.4) is 0 Å². The van der Waals surface area contributed by atoms with Gasteiger partial charge in [0.2, 0.25) is 0 Å². The monoisotopic (exact) mass is 386 g/mol. The smallest absolute Gasteiger partial charge is 0.291 e. The second-order valence-electron chi connectivity index (χ2n) is 7.15. The first-order chi connectivity index (χ1) is 13.1. The summed E-state index contributed by atoms with van der Waals surface area (Å²) >= 11 is 5.90. The van der Waals surface area contributed by atoms with Crippen molar-refractivity contribution in [2.75, 3.05) is 18.4 Å². The molecular formula is C20H23ClN4O2. The van der Waals surface area contributed by atoms with E-state index in [1.54, 1.807) is 24.3 Å². The highest BCUT2D eigenvalue weighted by Gasteiger charge is 2.30. The van der Waals surface area contributed by atoms with Crippen LogP contribution in [0.1, 0.15) is 58.9 Å². The van der Waals surface area contributed by atoms with Crippen molar-refractivity contribution in [3.05, 3.63) is 46.5 Å². The molecule has 2 aromatic rings. The molecule has 1 aromatic carbocycles. The predicted molar refractivity (Wildman–Crippen MR) is 104 cm³/mol.